The summed E-state index contributed by atoms with van der Waals surface area (Å²) in [5.41, 5.74) is 6.03. The molecule has 0 radical (unpaired) electrons. The molecule has 1 aromatic rings. The lowest BCUT2D eigenvalue weighted by Crippen LogP contribution is -2.48. The topological polar surface area (TPSA) is 68.2 Å². The van der Waals surface area contributed by atoms with Crippen LogP contribution in [0.5, 0.6) is 0 Å². The predicted octanol–water partition coefficient (Wildman–Crippen LogP) is 0.555. The highest BCUT2D eigenvalue weighted by Gasteiger charge is 2.34. The lowest BCUT2D eigenvalue weighted by Gasteiger charge is -2.36. The molecule has 0 atom stereocenters. The van der Waals surface area contributed by atoms with Crippen LogP contribution in [0.15, 0.2) is 4.52 Å². The monoisotopic (exact) mass is 210 g/mol. The standard InChI is InChI=1S/C10H18N4O/c1-14(2)7-8-12-9(15-13-8)6-10(11)4-3-5-10/h3-7,11H2,1-2H3. The maximum atomic E-state index is 6.11. The van der Waals surface area contributed by atoms with Gasteiger partial charge in [0.25, 0.3) is 0 Å². The highest BCUT2D eigenvalue weighted by atomic mass is 16.5. The predicted molar refractivity (Wildman–Crippen MR) is 56.2 cm³/mol. The first-order valence-corrected chi connectivity index (χ1v) is 5.32. The van der Waals surface area contributed by atoms with E-state index in [1.165, 1.54) is 6.42 Å². The molecule has 1 aliphatic rings. The van der Waals surface area contributed by atoms with E-state index in [9.17, 15) is 0 Å². The minimum atomic E-state index is -0.0814. The molecule has 1 fully saturated rings. The average molecular weight is 210 g/mol. The molecule has 1 aliphatic carbocycles. The second-order valence-electron chi connectivity index (χ2n) is 4.73. The van der Waals surface area contributed by atoms with Gasteiger partial charge in [-0.15, -0.1) is 0 Å². The zero-order chi connectivity index (χ0) is 10.9. The van der Waals surface area contributed by atoms with Crippen LogP contribution in [0.1, 0.15) is 31.0 Å². The van der Waals surface area contributed by atoms with Gasteiger partial charge < -0.3 is 15.2 Å². The number of nitrogens with two attached hydrogens (primary N) is 1. The van der Waals surface area contributed by atoms with Crippen LogP contribution in [0.4, 0.5) is 0 Å². The number of nitrogens with zero attached hydrogens (tertiary/aromatic N) is 3. The molecule has 15 heavy (non-hydrogen) atoms. The lowest BCUT2D eigenvalue weighted by atomic mass is 9.75. The largest absolute Gasteiger partial charge is 0.339 e. The van der Waals surface area contributed by atoms with Gasteiger partial charge >= 0.3 is 0 Å². The van der Waals surface area contributed by atoms with Crippen LogP contribution < -0.4 is 5.73 Å². The summed E-state index contributed by atoms with van der Waals surface area (Å²) in [7, 11) is 3.96. The van der Waals surface area contributed by atoms with E-state index >= 15 is 0 Å². The van der Waals surface area contributed by atoms with Gasteiger partial charge in [0.1, 0.15) is 0 Å². The molecular weight excluding hydrogens is 192 g/mol. The first-order valence-electron chi connectivity index (χ1n) is 5.32. The minimum absolute atomic E-state index is 0.0814. The van der Waals surface area contributed by atoms with Gasteiger partial charge in [-0.1, -0.05) is 5.16 Å². The van der Waals surface area contributed by atoms with Gasteiger partial charge in [-0.25, -0.2) is 0 Å². The van der Waals surface area contributed by atoms with E-state index in [1.807, 2.05) is 19.0 Å². The molecular formula is C10H18N4O. The third-order valence-corrected chi connectivity index (χ3v) is 2.82. The van der Waals surface area contributed by atoms with E-state index in [0.717, 1.165) is 18.7 Å². The Kier molecular flexibility index (Phi) is 2.75. The fourth-order valence-corrected chi connectivity index (χ4v) is 1.82. The summed E-state index contributed by atoms with van der Waals surface area (Å²) in [6.07, 6.45) is 4.07. The van der Waals surface area contributed by atoms with Crippen LogP contribution in [0, 0.1) is 0 Å². The van der Waals surface area contributed by atoms with Gasteiger partial charge in [0.15, 0.2) is 5.82 Å². The molecule has 1 saturated carbocycles. The summed E-state index contributed by atoms with van der Waals surface area (Å²) in [6.45, 7) is 0.709. The van der Waals surface area contributed by atoms with E-state index in [-0.39, 0.29) is 5.54 Å². The normalized spacial score (nSPS) is 19.2. The van der Waals surface area contributed by atoms with Gasteiger partial charge in [0, 0.05) is 12.0 Å². The van der Waals surface area contributed by atoms with Crippen LogP contribution in [-0.2, 0) is 13.0 Å². The zero-order valence-electron chi connectivity index (χ0n) is 9.36. The molecule has 0 amide bonds. The SMILES string of the molecule is CN(C)Cc1noc(CC2(N)CCC2)n1. The molecule has 1 aromatic heterocycles. The second kappa shape index (κ2) is 3.90. The first-order chi connectivity index (χ1) is 7.07. The van der Waals surface area contributed by atoms with Crippen LogP contribution in [-0.4, -0.2) is 34.7 Å². The number of hydrogen-bond donors (Lipinski definition) is 1. The van der Waals surface area contributed by atoms with Crippen molar-refractivity contribution in [2.45, 2.75) is 37.8 Å². The van der Waals surface area contributed by atoms with E-state index in [0.29, 0.717) is 18.9 Å². The summed E-state index contributed by atoms with van der Waals surface area (Å²) in [5, 5.41) is 3.92. The maximum Gasteiger partial charge on any atom is 0.228 e. The molecule has 0 spiro atoms. The van der Waals surface area contributed by atoms with Crippen molar-refractivity contribution in [2.24, 2.45) is 5.73 Å². The Morgan fingerprint density at radius 3 is 2.73 bits per heavy atom. The van der Waals surface area contributed by atoms with Crippen LogP contribution in [0.2, 0.25) is 0 Å². The Bertz CT molecular complexity index is 330. The smallest absolute Gasteiger partial charge is 0.228 e. The third-order valence-electron chi connectivity index (χ3n) is 2.82. The summed E-state index contributed by atoms with van der Waals surface area (Å²) in [4.78, 5) is 6.33. The van der Waals surface area contributed by atoms with E-state index in [4.69, 9.17) is 10.3 Å². The molecule has 0 aromatic carbocycles. The van der Waals surface area contributed by atoms with Crippen molar-refractivity contribution in [3.05, 3.63) is 11.7 Å². The van der Waals surface area contributed by atoms with E-state index < -0.39 is 0 Å². The Hall–Kier alpha value is -0.940. The summed E-state index contributed by atoms with van der Waals surface area (Å²) < 4.78 is 5.17. The quantitative estimate of drug-likeness (QED) is 0.786. The highest BCUT2D eigenvalue weighted by molar-refractivity contribution is 5.00. The van der Waals surface area contributed by atoms with Gasteiger partial charge in [-0.2, -0.15) is 4.98 Å². The van der Waals surface area contributed by atoms with Crippen LogP contribution in [0.3, 0.4) is 0 Å². The molecule has 5 heteroatoms. The Balaban J connectivity index is 1.95. The molecule has 84 valence electrons. The van der Waals surface area contributed by atoms with Crippen molar-refractivity contribution in [3.63, 3.8) is 0 Å². The molecule has 1 heterocycles. The molecule has 0 aliphatic heterocycles. The van der Waals surface area contributed by atoms with Crippen molar-refractivity contribution in [2.75, 3.05) is 14.1 Å². The van der Waals surface area contributed by atoms with Gasteiger partial charge in [0.05, 0.1) is 6.54 Å². The summed E-state index contributed by atoms with van der Waals surface area (Å²) >= 11 is 0. The Morgan fingerprint density at radius 1 is 1.47 bits per heavy atom. The maximum absolute atomic E-state index is 6.11. The van der Waals surface area contributed by atoms with E-state index in [1.54, 1.807) is 0 Å². The molecule has 0 bridgehead atoms. The molecule has 5 nitrogen and oxygen atoms in total. The third kappa shape index (κ3) is 2.54. The lowest BCUT2D eigenvalue weighted by molar-refractivity contribution is 0.221. The van der Waals surface area contributed by atoms with Crippen molar-refractivity contribution in [3.8, 4) is 0 Å². The van der Waals surface area contributed by atoms with Crippen LogP contribution >= 0.6 is 0 Å². The molecule has 2 N–H and O–H groups in total. The molecule has 0 saturated heterocycles. The molecule has 0 unspecified atom stereocenters. The second-order valence-corrected chi connectivity index (χ2v) is 4.73. The summed E-state index contributed by atoms with van der Waals surface area (Å²) in [6, 6.07) is 0. The van der Waals surface area contributed by atoms with Crippen molar-refractivity contribution in [1.82, 2.24) is 15.0 Å². The number of aromatic nitrogens is 2. The van der Waals surface area contributed by atoms with E-state index in [2.05, 4.69) is 10.1 Å². The Labute approximate surface area is 89.6 Å². The fourth-order valence-electron chi connectivity index (χ4n) is 1.82. The minimum Gasteiger partial charge on any atom is -0.339 e. The van der Waals surface area contributed by atoms with Gasteiger partial charge in [-0.3, -0.25) is 0 Å². The van der Waals surface area contributed by atoms with Crippen molar-refractivity contribution >= 4 is 0 Å². The zero-order valence-corrected chi connectivity index (χ0v) is 9.36. The summed E-state index contributed by atoms with van der Waals surface area (Å²) in [5.74, 6) is 1.41. The molecule has 2 rings (SSSR count). The van der Waals surface area contributed by atoms with Crippen LogP contribution in [0.25, 0.3) is 0 Å². The van der Waals surface area contributed by atoms with Gasteiger partial charge in [0.2, 0.25) is 5.89 Å². The highest BCUT2D eigenvalue weighted by Crippen LogP contribution is 2.31. The average Bonchev–Trinajstić information content (AvgIpc) is 2.48. The van der Waals surface area contributed by atoms with Gasteiger partial charge in [-0.05, 0) is 33.4 Å². The number of hydrogen-bond acceptors (Lipinski definition) is 5. The first kappa shape index (κ1) is 10.6. The van der Waals surface area contributed by atoms with Crippen molar-refractivity contribution in [1.29, 1.82) is 0 Å². The van der Waals surface area contributed by atoms with Crippen molar-refractivity contribution < 1.29 is 4.52 Å². The fraction of sp³-hybridized carbons (Fsp3) is 0.800. The Morgan fingerprint density at radius 2 is 2.20 bits per heavy atom. The number of rotatable bonds is 4.